The molecular weight excluding hydrogens is 232 g/mol. The standard InChI is InChI=1S/C13H22N2O3/c1-9-4-5-14-11(6-9)13(18)15(8-12(16)17)7-10-2-3-10/h9-11,14H,2-8H2,1H3,(H,16,17). The van der Waals surface area contributed by atoms with Gasteiger partial charge in [0.1, 0.15) is 6.54 Å². The summed E-state index contributed by atoms with van der Waals surface area (Å²) in [6.07, 6.45) is 4.15. The van der Waals surface area contributed by atoms with Crippen LogP contribution in [0.5, 0.6) is 0 Å². The summed E-state index contributed by atoms with van der Waals surface area (Å²) in [5.41, 5.74) is 0. The molecule has 0 spiro atoms. The van der Waals surface area contributed by atoms with Gasteiger partial charge in [0.05, 0.1) is 6.04 Å². The van der Waals surface area contributed by atoms with Crippen LogP contribution in [0.25, 0.3) is 0 Å². The fourth-order valence-electron chi connectivity index (χ4n) is 2.52. The Balaban J connectivity index is 1.94. The van der Waals surface area contributed by atoms with Crippen LogP contribution < -0.4 is 5.32 Å². The minimum absolute atomic E-state index is 0.0316. The number of hydrogen-bond donors (Lipinski definition) is 2. The summed E-state index contributed by atoms with van der Waals surface area (Å²) in [5.74, 6) is 0.103. The number of carbonyl (C=O) groups is 2. The largest absolute Gasteiger partial charge is 0.480 e. The molecule has 0 aromatic rings. The molecule has 2 fully saturated rings. The van der Waals surface area contributed by atoms with Gasteiger partial charge >= 0.3 is 5.97 Å². The molecule has 0 aromatic heterocycles. The third-order valence-electron chi connectivity index (χ3n) is 3.78. The molecule has 1 aliphatic carbocycles. The van der Waals surface area contributed by atoms with Crippen LogP contribution in [0, 0.1) is 11.8 Å². The van der Waals surface area contributed by atoms with Gasteiger partial charge in [0, 0.05) is 6.54 Å². The van der Waals surface area contributed by atoms with E-state index in [4.69, 9.17) is 5.11 Å². The van der Waals surface area contributed by atoms with Crippen LogP contribution in [-0.4, -0.2) is 47.6 Å². The molecule has 0 aromatic carbocycles. The second kappa shape index (κ2) is 5.69. The highest BCUT2D eigenvalue weighted by atomic mass is 16.4. The van der Waals surface area contributed by atoms with Crippen molar-refractivity contribution in [3.8, 4) is 0 Å². The molecule has 1 heterocycles. The van der Waals surface area contributed by atoms with Crippen LogP contribution in [0.15, 0.2) is 0 Å². The smallest absolute Gasteiger partial charge is 0.323 e. The molecular formula is C13H22N2O3. The van der Waals surface area contributed by atoms with Gasteiger partial charge in [0.15, 0.2) is 0 Å². The number of nitrogens with zero attached hydrogens (tertiary/aromatic N) is 1. The van der Waals surface area contributed by atoms with Gasteiger partial charge in [0.2, 0.25) is 5.91 Å². The van der Waals surface area contributed by atoms with E-state index in [1.165, 1.54) is 4.90 Å². The SMILES string of the molecule is CC1CCNC(C(=O)N(CC(=O)O)CC2CC2)C1. The summed E-state index contributed by atoms with van der Waals surface area (Å²) < 4.78 is 0. The van der Waals surface area contributed by atoms with Gasteiger partial charge in [-0.05, 0) is 44.1 Å². The van der Waals surface area contributed by atoms with Crippen LogP contribution in [-0.2, 0) is 9.59 Å². The lowest BCUT2D eigenvalue weighted by atomic mass is 9.93. The molecule has 1 saturated carbocycles. The molecule has 0 radical (unpaired) electrons. The number of aliphatic carboxylic acids is 1. The van der Waals surface area contributed by atoms with Gasteiger partial charge in [-0.25, -0.2) is 0 Å². The van der Waals surface area contributed by atoms with E-state index in [1.807, 2.05) is 0 Å². The van der Waals surface area contributed by atoms with Crippen LogP contribution in [0.3, 0.4) is 0 Å². The maximum Gasteiger partial charge on any atom is 0.323 e. The van der Waals surface area contributed by atoms with Gasteiger partial charge < -0.3 is 15.3 Å². The van der Waals surface area contributed by atoms with Crippen LogP contribution in [0.2, 0.25) is 0 Å². The fourth-order valence-corrected chi connectivity index (χ4v) is 2.52. The van der Waals surface area contributed by atoms with Crippen molar-refractivity contribution in [1.82, 2.24) is 10.2 Å². The maximum absolute atomic E-state index is 12.3. The summed E-state index contributed by atoms with van der Waals surface area (Å²) in [5, 5.41) is 12.1. The number of carboxylic acid groups (broad SMARTS) is 1. The molecule has 1 saturated heterocycles. The Morgan fingerprint density at radius 1 is 1.33 bits per heavy atom. The molecule has 5 nitrogen and oxygen atoms in total. The van der Waals surface area contributed by atoms with Crippen molar-refractivity contribution in [3.63, 3.8) is 0 Å². The molecule has 5 heteroatoms. The van der Waals surface area contributed by atoms with Gasteiger partial charge in [-0.15, -0.1) is 0 Å². The molecule has 18 heavy (non-hydrogen) atoms. The molecule has 2 N–H and O–H groups in total. The van der Waals surface area contributed by atoms with E-state index in [0.29, 0.717) is 18.4 Å². The zero-order chi connectivity index (χ0) is 13.1. The number of carboxylic acids is 1. The Labute approximate surface area is 108 Å². The lowest BCUT2D eigenvalue weighted by Gasteiger charge is -2.31. The Morgan fingerprint density at radius 3 is 2.61 bits per heavy atom. The van der Waals surface area contributed by atoms with Crippen LogP contribution >= 0.6 is 0 Å². The Morgan fingerprint density at radius 2 is 2.06 bits per heavy atom. The topological polar surface area (TPSA) is 69.6 Å². The van der Waals surface area contributed by atoms with Crippen molar-refractivity contribution >= 4 is 11.9 Å². The first-order valence-corrected chi connectivity index (χ1v) is 6.80. The number of carbonyl (C=O) groups excluding carboxylic acids is 1. The Hall–Kier alpha value is -1.10. The summed E-state index contributed by atoms with van der Waals surface area (Å²) in [7, 11) is 0. The van der Waals surface area contributed by atoms with Crippen LogP contribution in [0.4, 0.5) is 0 Å². The van der Waals surface area contributed by atoms with Gasteiger partial charge in [-0.3, -0.25) is 9.59 Å². The average molecular weight is 254 g/mol. The highest BCUT2D eigenvalue weighted by Gasteiger charge is 2.33. The summed E-state index contributed by atoms with van der Waals surface area (Å²) in [6.45, 7) is 3.44. The van der Waals surface area contributed by atoms with Crippen molar-refractivity contribution in [3.05, 3.63) is 0 Å². The van der Waals surface area contributed by atoms with E-state index in [2.05, 4.69) is 12.2 Å². The van der Waals surface area contributed by atoms with E-state index < -0.39 is 5.97 Å². The lowest BCUT2D eigenvalue weighted by molar-refractivity contribution is -0.146. The summed E-state index contributed by atoms with van der Waals surface area (Å²) in [6, 6.07) is -0.188. The third-order valence-corrected chi connectivity index (χ3v) is 3.78. The average Bonchev–Trinajstić information content (AvgIpc) is 3.10. The molecule has 0 bridgehead atoms. The first-order valence-electron chi connectivity index (χ1n) is 6.80. The lowest BCUT2D eigenvalue weighted by Crippen LogP contribution is -2.51. The molecule has 2 aliphatic rings. The number of piperidine rings is 1. The molecule has 102 valence electrons. The summed E-state index contributed by atoms with van der Waals surface area (Å²) >= 11 is 0. The van der Waals surface area contributed by atoms with Crippen LogP contribution in [0.1, 0.15) is 32.6 Å². The van der Waals surface area contributed by atoms with Gasteiger partial charge in [0.25, 0.3) is 0 Å². The first kappa shape index (κ1) is 13.3. The predicted octanol–water partition coefficient (Wildman–Crippen LogP) is 0.698. The highest BCUT2D eigenvalue weighted by molar-refractivity contribution is 5.85. The van der Waals surface area contributed by atoms with Crippen molar-refractivity contribution in [2.45, 2.75) is 38.6 Å². The number of rotatable bonds is 5. The molecule has 2 unspecified atom stereocenters. The van der Waals surface area contributed by atoms with Crippen molar-refractivity contribution in [1.29, 1.82) is 0 Å². The molecule has 2 atom stereocenters. The zero-order valence-corrected chi connectivity index (χ0v) is 10.9. The maximum atomic E-state index is 12.3. The van der Waals surface area contributed by atoms with Crippen molar-refractivity contribution in [2.75, 3.05) is 19.6 Å². The van der Waals surface area contributed by atoms with E-state index in [9.17, 15) is 9.59 Å². The first-order chi connectivity index (χ1) is 8.56. The minimum Gasteiger partial charge on any atom is -0.480 e. The number of amides is 1. The number of nitrogens with one attached hydrogen (secondary N) is 1. The fraction of sp³-hybridized carbons (Fsp3) is 0.846. The predicted molar refractivity (Wildman–Crippen MR) is 67.1 cm³/mol. The number of hydrogen-bond acceptors (Lipinski definition) is 3. The molecule has 1 amide bonds. The molecule has 1 aliphatic heterocycles. The third kappa shape index (κ3) is 3.70. The van der Waals surface area contributed by atoms with Gasteiger partial charge in [-0.1, -0.05) is 6.92 Å². The van der Waals surface area contributed by atoms with Crippen molar-refractivity contribution < 1.29 is 14.7 Å². The second-order valence-corrected chi connectivity index (χ2v) is 5.69. The minimum atomic E-state index is -0.923. The van der Waals surface area contributed by atoms with E-state index in [-0.39, 0.29) is 18.5 Å². The van der Waals surface area contributed by atoms with Gasteiger partial charge in [-0.2, -0.15) is 0 Å². The van der Waals surface area contributed by atoms with E-state index in [1.54, 1.807) is 0 Å². The van der Waals surface area contributed by atoms with Crippen molar-refractivity contribution in [2.24, 2.45) is 11.8 Å². The highest BCUT2D eigenvalue weighted by Crippen LogP contribution is 2.30. The van der Waals surface area contributed by atoms with E-state index in [0.717, 1.165) is 32.2 Å². The monoisotopic (exact) mass is 254 g/mol. The quantitative estimate of drug-likeness (QED) is 0.757. The molecule has 2 rings (SSSR count). The van der Waals surface area contributed by atoms with E-state index >= 15 is 0 Å². The zero-order valence-electron chi connectivity index (χ0n) is 10.9. The summed E-state index contributed by atoms with van der Waals surface area (Å²) in [4.78, 5) is 24.7. The second-order valence-electron chi connectivity index (χ2n) is 5.69. The Bertz CT molecular complexity index is 328. The Kier molecular flexibility index (Phi) is 4.22. The normalized spacial score (nSPS) is 27.8.